The molecule has 66 heavy (non-hydrogen) atoms. The molecule has 1 unspecified atom stereocenters. The topological polar surface area (TPSA) is 176 Å². The molecule has 2 amide bonds. The molecule has 0 bridgehead atoms. The molecule has 3 aromatic rings. The van der Waals surface area contributed by atoms with E-state index in [4.69, 9.17) is 43.2 Å². The van der Waals surface area contributed by atoms with Crippen LogP contribution in [0.15, 0.2) is 90.1 Å². The molecule has 7 atom stereocenters. The zero-order valence-corrected chi connectivity index (χ0v) is 38.6. The number of aliphatic hydroxyl groups excluding tert-OH is 2. The number of rotatable bonds is 21. The van der Waals surface area contributed by atoms with Gasteiger partial charge in [0, 0.05) is 50.7 Å². The van der Waals surface area contributed by atoms with E-state index >= 15 is 0 Å². The third kappa shape index (κ3) is 10.8. The molecule has 4 aliphatic rings. The van der Waals surface area contributed by atoms with Crippen molar-refractivity contribution < 1.29 is 57.8 Å². The van der Waals surface area contributed by atoms with Gasteiger partial charge in [-0.05, 0) is 104 Å². The Balaban J connectivity index is 1.36. The Morgan fingerprint density at radius 1 is 0.939 bits per heavy atom. The molecule has 15 heteroatoms. The van der Waals surface area contributed by atoms with Crippen molar-refractivity contribution in [3.05, 3.63) is 96.1 Å². The number of fused-ring (bicyclic) bond motifs is 2. The van der Waals surface area contributed by atoms with Crippen LogP contribution in [0.1, 0.15) is 81.3 Å². The van der Waals surface area contributed by atoms with E-state index in [0.29, 0.717) is 60.3 Å². The standard InChI is InChI=1S/C51H65N3O12/c1-6-25-63-51-45(54(2)46(57)28-33-14-13-16-35(27-33)59-3)32-42(53-66-47-18-9-12-26-62-47)39-29-34(15-7-10-23-55)38(17-8-11-24-56)48(49(39)51)40-30-37(20-22-43(40)65-51)64-50(58)52-41-21-19-36(60-4)31-44(41)61-5/h6,13-14,16,19-22,27,29-31,34,38,45,47-49,55-56H,1,7-12,15,17-18,23-26,28,32H2,2-5H3,(H,52,58)/t34-,38+,45-,47?,48+,49+,51+/m0/s1. The SMILES string of the molecule is C=CCO[C@@]12Oc3ccc(OC(=O)Nc4ccc(OC)cc4OC)cc3[C@H]3[C@H](CCCCO)[C@@H](CCCCO)C=C(C(=NOC4CCCCO4)C[C@@H]1N(C)C(=O)Cc1cccc(OC)c1)[C@H]32. The first kappa shape index (κ1) is 48.3. The molecule has 3 N–H and O–H groups in total. The second-order valence-corrected chi connectivity index (χ2v) is 17.3. The van der Waals surface area contributed by atoms with Crippen molar-refractivity contribution >= 4 is 23.4 Å². The van der Waals surface area contributed by atoms with Gasteiger partial charge in [0.15, 0.2) is 0 Å². The maximum atomic E-state index is 14.6. The first-order valence-electron chi connectivity index (χ1n) is 23.1. The smallest absolute Gasteiger partial charge is 0.417 e. The second-order valence-electron chi connectivity index (χ2n) is 17.3. The maximum absolute atomic E-state index is 14.6. The molecular weight excluding hydrogens is 847 g/mol. The van der Waals surface area contributed by atoms with Gasteiger partial charge in [-0.15, -0.1) is 6.58 Å². The summed E-state index contributed by atoms with van der Waals surface area (Å²) in [6.07, 6.45) is 9.95. The van der Waals surface area contributed by atoms with Gasteiger partial charge in [0.2, 0.25) is 18.0 Å². The number of likely N-dealkylation sites (N-methyl/N-ethyl adjacent to an activating group) is 1. The lowest BCUT2D eigenvalue weighted by atomic mass is 9.55. The third-order valence-corrected chi connectivity index (χ3v) is 13.3. The Morgan fingerprint density at radius 3 is 2.44 bits per heavy atom. The highest BCUT2D eigenvalue weighted by molar-refractivity contribution is 6.03. The molecule has 2 fully saturated rings. The van der Waals surface area contributed by atoms with Gasteiger partial charge in [0.25, 0.3) is 0 Å². The number of ether oxygens (including phenoxy) is 7. The fourth-order valence-corrected chi connectivity index (χ4v) is 10.1. The van der Waals surface area contributed by atoms with E-state index < -0.39 is 30.1 Å². The van der Waals surface area contributed by atoms with Gasteiger partial charge in [0.05, 0.1) is 58.3 Å². The van der Waals surface area contributed by atoms with Crippen LogP contribution < -0.4 is 29.0 Å². The molecule has 0 radical (unpaired) electrons. The first-order valence-corrected chi connectivity index (χ1v) is 23.1. The van der Waals surface area contributed by atoms with Crippen LogP contribution in [0.3, 0.4) is 0 Å². The summed E-state index contributed by atoms with van der Waals surface area (Å²) in [5.74, 6) is -0.0956. The second kappa shape index (κ2) is 22.7. The normalized spacial score (nSPS) is 24.7. The molecule has 2 heterocycles. The summed E-state index contributed by atoms with van der Waals surface area (Å²) in [6, 6.07) is 17.1. The van der Waals surface area contributed by atoms with E-state index in [1.54, 1.807) is 62.6 Å². The maximum Gasteiger partial charge on any atom is 0.417 e. The zero-order valence-electron chi connectivity index (χ0n) is 38.6. The van der Waals surface area contributed by atoms with Crippen molar-refractivity contribution in [1.82, 2.24) is 4.90 Å². The number of aliphatic hydroxyl groups is 2. The lowest BCUT2D eigenvalue weighted by Crippen LogP contribution is -2.69. The van der Waals surface area contributed by atoms with Crippen molar-refractivity contribution in [2.45, 2.75) is 94.7 Å². The fourth-order valence-electron chi connectivity index (χ4n) is 10.1. The van der Waals surface area contributed by atoms with E-state index in [1.165, 1.54) is 7.11 Å². The van der Waals surface area contributed by atoms with E-state index in [2.05, 4.69) is 18.0 Å². The number of allylic oxidation sites excluding steroid dienone is 1. The summed E-state index contributed by atoms with van der Waals surface area (Å²) >= 11 is 0. The number of hydrogen-bond acceptors (Lipinski definition) is 13. The number of carbonyl (C=O) groups is 2. The summed E-state index contributed by atoms with van der Waals surface area (Å²) in [5.41, 5.74) is 3.54. The summed E-state index contributed by atoms with van der Waals surface area (Å²) in [7, 11) is 6.43. The number of carbonyl (C=O) groups excluding carboxylic acids is 2. The zero-order chi connectivity index (χ0) is 46.6. The highest BCUT2D eigenvalue weighted by Crippen LogP contribution is 2.62. The Bertz CT molecular complexity index is 2210. The van der Waals surface area contributed by atoms with Gasteiger partial charge in [0.1, 0.15) is 34.8 Å². The number of amides is 2. The molecule has 0 spiro atoms. The molecule has 15 nitrogen and oxygen atoms in total. The van der Waals surface area contributed by atoms with Crippen LogP contribution in [-0.4, -0.2) is 106 Å². The number of methoxy groups -OCH3 is 3. The fraction of sp³-hybridized carbons (Fsp3) is 0.510. The Morgan fingerprint density at radius 2 is 1.71 bits per heavy atom. The van der Waals surface area contributed by atoms with Gasteiger partial charge >= 0.3 is 6.09 Å². The van der Waals surface area contributed by atoms with E-state index in [1.807, 2.05) is 30.3 Å². The van der Waals surface area contributed by atoms with Crippen LogP contribution in [0.5, 0.6) is 28.7 Å². The van der Waals surface area contributed by atoms with Crippen LogP contribution in [0, 0.1) is 17.8 Å². The van der Waals surface area contributed by atoms with Crippen LogP contribution in [-0.2, 0) is 25.5 Å². The number of hydrogen-bond donors (Lipinski definition) is 3. The van der Waals surface area contributed by atoms with E-state index in [-0.39, 0.29) is 62.1 Å². The number of oxime groups is 1. The number of unbranched alkanes of at least 4 members (excludes halogenated alkanes) is 2. The molecule has 0 aromatic heterocycles. The number of anilines is 1. The molecule has 356 valence electrons. The molecular formula is C51H65N3O12. The van der Waals surface area contributed by atoms with Gasteiger partial charge in [-0.1, -0.05) is 42.3 Å². The molecule has 1 saturated heterocycles. The Hall–Kier alpha value is -5.61. The van der Waals surface area contributed by atoms with Crippen molar-refractivity contribution in [3.63, 3.8) is 0 Å². The minimum Gasteiger partial charge on any atom is -0.497 e. The summed E-state index contributed by atoms with van der Waals surface area (Å²) in [5, 5.41) is 27.6. The van der Waals surface area contributed by atoms with E-state index in [0.717, 1.165) is 55.2 Å². The molecule has 1 saturated carbocycles. The van der Waals surface area contributed by atoms with Gasteiger partial charge in [-0.25, -0.2) is 4.79 Å². The van der Waals surface area contributed by atoms with Crippen LogP contribution in [0.4, 0.5) is 10.5 Å². The highest BCUT2D eigenvalue weighted by atomic mass is 16.8. The average molecular weight is 912 g/mol. The van der Waals surface area contributed by atoms with Gasteiger partial charge in [-0.3, -0.25) is 10.1 Å². The highest BCUT2D eigenvalue weighted by Gasteiger charge is 2.65. The number of nitrogens with zero attached hydrogens (tertiary/aromatic N) is 2. The van der Waals surface area contributed by atoms with Crippen molar-refractivity contribution in [2.24, 2.45) is 22.9 Å². The summed E-state index contributed by atoms with van der Waals surface area (Å²) < 4.78 is 42.6. The lowest BCUT2D eigenvalue weighted by molar-refractivity contribution is -0.255. The average Bonchev–Trinajstić information content (AvgIpc) is 3.34. The molecule has 3 aromatic carbocycles. The third-order valence-electron chi connectivity index (χ3n) is 13.3. The van der Waals surface area contributed by atoms with Gasteiger partial charge in [-0.2, -0.15) is 0 Å². The predicted molar refractivity (Wildman–Crippen MR) is 248 cm³/mol. The summed E-state index contributed by atoms with van der Waals surface area (Å²) in [4.78, 5) is 36.2. The quantitative estimate of drug-likeness (QED) is 0.0532. The lowest BCUT2D eigenvalue weighted by Gasteiger charge is -2.59. The Kier molecular flexibility index (Phi) is 16.6. The molecule has 2 aliphatic carbocycles. The molecule has 7 rings (SSSR count). The van der Waals surface area contributed by atoms with Crippen molar-refractivity contribution in [2.75, 3.05) is 60.1 Å². The summed E-state index contributed by atoms with van der Waals surface area (Å²) in [6.45, 7) is 4.84. The minimum absolute atomic E-state index is 0.00469. The number of benzene rings is 3. The first-order chi connectivity index (χ1) is 32.2. The number of nitrogens with one attached hydrogen (secondary N) is 1. The predicted octanol–water partition coefficient (Wildman–Crippen LogP) is 8.18. The Labute approximate surface area is 387 Å². The largest absolute Gasteiger partial charge is 0.497 e. The van der Waals surface area contributed by atoms with Crippen molar-refractivity contribution in [3.8, 4) is 28.7 Å². The molecule has 2 aliphatic heterocycles. The monoisotopic (exact) mass is 911 g/mol. The minimum atomic E-state index is -1.45. The van der Waals surface area contributed by atoms with Crippen LogP contribution in [0.2, 0.25) is 0 Å². The van der Waals surface area contributed by atoms with Crippen LogP contribution >= 0.6 is 0 Å². The van der Waals surface area contributed by atoms with E-state index in [9.17, 15) is 19.8 Å². The van der Waals surface area contributed by atoms with Crippen molar-refractivity contribution in [1.29, 1.82) is 0 Å². The van der Waals surface area contributed by atoms with Crippen LogP contribution in [0.25, 0.3) is 0 Å². The van der Waals surface area contributed by atoms with Gasteiger partial charge < -0.3 is 53.1 Å².